The van der Waals surface area contributed by atoms with Crippen LogP contribution >= 0.6 is 0 Å². The van der Waals surface area contributed by atoms with Crippen LogP contribution in [0.2, 0.25) is 0 Å². The number of rotatable bonds is 10. The number of halogens is 4. The summed E-state index contributed by atoms with van der Waals surface area (Å²) in [7, 11) is -2.03. The number of likely N-dealkylation sites (tertiary alicyclic amines) is 1. The van der Waals surface area contributed by atoms with Gasteiger partial charge in [-0.05, 0) is 78.1 Å². The average molecular weight is 852 g/mol. The summed E-state index contributed by atoms with van der Waals surface area (Å²) in [5.41, 5.74) is 2.18. The van der Waals surface area contributed by atoms with Gasteiger partial charge in [0.25, 0.3) is 0 Å². The van der Waals surface area contributed by atoms with Gasteiger partial charge in [-0.1, -0.05) is 20.4 Å². The highest BCUT2D eigenvalue weighted by molar-refractivity contribution is 7.92. The monoisotopic (exact) mass is 851 g/mol. The van der Waals surface area contributed by atoms with Gasteiger partial charge in [-0.3, -0.25) is 9.78 Å². The SMILES string of the molecule is C=CC(=O)N1CCC[C@@H]1c1cc(N2CC([C@@H]3CN(c4ccnc(C(F)(F)F)c4)CCS3(=O)=O)C2)c2cnc(Nc3ccnc(N4CC[C@@H](OC)[C@@H](F)C4)n3)cc2c1C(C)C. The molecule has 4 aliphatic rings. The van der Waals surface area contributed by atoms with Gasteiger partial charge in [-0.25, -0.2) is 22.8 Å². The Bertz CT molecular complexity index is 2380. The van der Waals surface area contributed by atoms with E-state index in [0.29, 0.717) is 50.2 Å². The number of fused-ring (bicyclic) bond motifs is 1. The first-order chi connectivity index (χ1) is 28.6. The van der Waals surface area contributed by atoms with E-state index in [4.69, 9.17) is 14.7 Å². The first-order valence-corrected chi connectivity index (χ1v) is 22.0. The van der Waals surface area contributed by atoms with Crippen LogP contribution in [0.4, 0.5) is 46.5 Å². The maximum Gasteiger partial charge on any atom is 0.433 e. The highest BCUT2D eigenvalue weighted by Gasteiger charge is 2.45. The van der Waals surface area contributed by atoms with Crippen molar-refractivity contribution in [3.63, 3.8) is 0 Å². The number of methoxy groups -OCH3 is 1. The smallest absolute Gasteiger partial charge is 0.378 e. The van der Waals surface area contributed by atoms with E-state index < -0.39 is 39.2 Å². The average Bonchev–Trinajstić information content (AvgIpc) is 3.70. The zero-order chi connectivity index (χ0) is 42.5. The number of benzene rings is 1. The summed E-state index contributed by atoms with van der Waals surface area (Å²) in [5.74, 6) is 0.833. The molecule has 4 fully saturated rings. The summed E-state index contributed by atoms with van der Waals surface area (Å²) in [6, 6.07) is 8.07. The molecule has 1 aromatic carbocycles. The Balaban J connectivity index is 1.12. The summed E-state index contributed by atoms with van der Waals surface area (Å²) < 4.78 is 87.7. The third-order valence-corrected chi connectivity index (χ3v) is 14.6. The van der Waals surface area contributed by atoms with Crippen LogP contribution in [0, 0.1) is 5.92 Å². The number of piperidine rings is 1. The third-order valence-electron chi connectivity index (χ3n) is 12.4. The van der Waals surface area contributed by atoms with E-state index in [1.54, 1.807) is 28.3 Å². The molecule has 1 amide bonds. The Morgan fingerprint density at radius 1 is 0.950 bits per heavy atom. The van der Waals surface area contributed by atoms with Gasteiger partial charge in [-0.2, -0.15) is 18.2 Å². The van der Waals surface area contributed by atoms with Crippen molar-refractivity contribution in [3.05, 3.63) is 78.4 Å². The largest absolute Gasteiger partial charge is 0.433 e. The maximum atomic E-state index is 14.8. The zero-order valence-electron chi connectivity index (χ0n) is 33.8. The molecule has 4 aliphatic heterocycles. The van der Waals surface area contributed by atoms with Gasteiger partial charge in [-0.15, -0.1) is 0 Å². The predicted molar refractivity (Wildman–Crippen MR) is 222 cm³/mol. The molecular formula is C42H49F4N9O4S. The Labute approximate surface area is 346 Å². The van der Waals surface area contributed by atoms with Gasteiger partial charge >= 0.3 is 6.18 Å². The number of carbonyl (C=O) groups is 1. The van der Waals surface area contributed by atoms with Crippen LogP contribution in [0.1, 0.15) is 61.9 Å². The van der Waals surface area contributed by atoms with Crippen molar-refractivity contribution in [1.82, 2.24) is 24.8 Å². The van der Waals surface area contributed by atoms with Crippen molar-refractivity contribution >= 4 is 55.5 Å². The number of aromatic nitrogens is 4. The molecule has 3 aromatic heterocycles. The Hall–Kier alpha value is -5.10. The van der Waals surface area contributed by atoms with E-state index >= 15 is 0 Å². The molecular weight excluding hydrogens is 803 g/mol. The molecule has 1 N–H and O–H groups in total. The minimum absolute atomic E-state index is 0.0379. The lowest BCUT2D eigenvalue weighted by molar-refractivity contribution is -0.141. The van der Waals surface area contributed by atoms with Crippen LogP contribution in [0.25, 0.3) is 10.8 Å². The number of anilines is 5. The highest BCUT2D eigenvalue weighted by atomic mass is 32.2. The van der Waals surface area contributed by atoms with E-state index in [9.17, 15) is 30.8 Å². The maximum absolute atomic E-state index is 14.8. The molecule has 13 nitrogen and oxygen atoms in total. The van der Waals surface area contributed by atoms with Gasteiger partial charge in [0.05, 0.1) is 29.7 Å². The number of alkyl halides is 4. The molecule has 60 heavy (non-hydrogen) atoms. The molecule has 0 saturated carbocycles. The number of nitrogens with one attached hydrogen (secondary N) is 1. The number of amides is 1. The minimum Gasteiger partial charge on any atom is -0.378 e. The van der Waals surface area contributed by atoms with E-state index in [-0.39, 0.29) is 54.9 Å². The predicted octanol–water partition coefficient (Wildman–Crippen LogP) is 6.46. The lowest BCUT2D eigenvalue weighted by atomic mass is 9.85. The van der Waals surface area contributed by atoms with Crippen LogP contribution in [0.15, 0.2) is 61.6 Å². The molecule has 7 heterocycles. The van der Waals surface area contributed by atoms with Crippen molar-refractivity contribution in [2.75, 3.05) is 78.7 Å². The third kappa shape index (κ3) is 8.07. The van der Waals surface area contributed by atoms with Gasteiger partial charge in [0.15, 0.2) is 9.84 Å². The molecule has 18 heteroatoms. The Kier molecular flexibility index (Phi) is 11.4. The van der Waals surface area contributed by atoms with Crippen molar-refractivity contribution in [3.8, 4) is 0 Å². The van der Waals surface area contributed by atoms with Crippen LogP contribution in [-0.2, 0) is 25.5 Å². The molecule has 0 unspecified atom stereocenters. The molecule has 4 saturated heterocycles. The van der Waals surface area contributed by atoms with Gasteiger partial charge in [0, 0.05) is 87.6 Å². The Morgan fingerprint density at radius 2 is 1.73 bits per heavy atom. The first kappa shape index (κ1) is 41.6. The summed E-state index contributed by atoms with van der Waals surface area (Å²) >= 11 is 0. The molecule has 0 bridgehead atoms. The fourth-order valence-corrected chi connectivity index (χ4v) is 11.2. The molecule has 4 aromatic rings. The summed E-state index contributed by atoms with van der Waals surface area (Å²) in [5, 5.41) is 4.32. The first-order valence-electron chi connectivity index (χ1n) is 20.3. The summed E-state index contributed by atoms with van der Waals surface area (Å²) in [6.07, 6.45) is 1.68. The lowest BCUT2D eigenvalue weighted by Gasteiger charge is -2.48. The molecule has 4 atom stereocenters. The quantitative estimate of drug-likeness (QED) is 0.139. The second-order valence-electron chi connectivity index (χ2n) is 16.4. The molecule has 320 valence electrons. The second kappa shape index (κ2) is 16.4. The van der Waals surface area contributed by atoms with Gasteiger partial charge in [0.2, 0.25) is 11.9 Å². The molecule has 0 aliphatic carbocycles. The minimum atomic E-state index is -4.62. The van der Waals surface area contributed by atoms with Crippen LogP contribution in [-0.4, -0.2) is 115 Å². The number of sulfone groups is 1. The number of ether oxygens (including phenoxy) is 1. The number of hydrogen-bond acceptors (Lipinski definition) is 12. The lowest BCUT2D eigenvalue weighted by Crippen LogP contribution is -2.60. The van der Waals surface area contributed by atoms with Crippen molar-refractivity contribution in [2.24, 2.45) is 5.92 Å². The number of nitrogens with zero attached hydrogens (tertiary/aromatic N) is 8. The normalized spacial score (nSPS) is 23.6. The standard InChI is InChI=1S/C42H49F4N9O4S/c1-5-39(56)55-13-6-7-32(55)29-18-33(54-21-26(22-54)35-24-52(15-16-60(35,57)58)27-8-11-47-36(17-27)42(44,45)46)30-20-49-38(19-28(30)40(29)25(2)3)50-37-9-12-48-41(51-37)53-14-10-34(59-4)31(43)23-53/h5,8-9,11-12,17-20,25-26,31-32,34-35H,1,6-7,10,13-16,21-24H2,2-4H3,(H,48,49,50,51)/t31-,32+,34+,35-/m0/s1. The molecule has 0 radical (unpaired) electrons. The fourth-order valence-electron chi connectivity index (χ4n) is 9.30. The molecule has 8 rings (SSSR count). The van der Waals surface area contributed by atoms with E-state index in [2.05, 4.69) is 46.7 Å². The van der Waals surface area contributed by atoms with E-state index in [1.807, 2.05) is 11.0 Å². The van der Waals surface area contributed by atoms with Crippen molar-refractivity contribution < 1.29 is 35.5 Å². The number of hydrogen-bond donors (Lipinski definition) is 1. The summed E-state index contributed by atoms with van der Waals surface area (Å²) in [4.78, 5) is 38.1. The number of pyridine rings is 2. The summed E-state index contributed by atoms with van der Waals surface area (Å²) in [6.45, 7) is 10.2. The van der Waals surface area contributed by atoms with Crippen LogP contribution in [0.3, 0.4) is 0 Å². The van der Waals surface area contributed by atoms with Crippen molar-refractivity contribution in [1.29, 1.82) is 0 Å². The number of carbonyl (C=O) groups excluding carboxylic acids is 1. The van der Waals surface area contributed by atoms with Crippen LogP contribution < -0.4 is 20.0 Å². The fraction of sp³-hybridized carbons (Fsp3) is 0.500. The van der Waals surface area contributed by atoms with Crippen LogP contribution in [0.5, 0.6) is 0 Å². The van der Waals surface area contributed by atoms with E-state index in [0.717, 1.165) is 52.7 Å². The van der Waals surface area contributed by atoms with Gasteiger partial charge < -0.3 is 29.7 Å². The van der Waals surface area contributed by atoms with E-state index in [1.165, 1.54) is 19.3 Å². The topological polar surface area (TPSA) is 137 Å². The molecule has 0 spiro atoms. The van der Waals surface area contributed by atoms with Crippen molar-refractivity contribution in [2.45, 2.75) is 68.8 Å². The zero-order valence-corrected chi connectivity index (χ0v) is 34.6. The second-order valence-corrected chi connectivity index (χ2v) is 18.7. The van der Waals surface area contributed by atoms with Gasteiger partial charge in [0.1, 0.15) is 23.5 Å². The Morgan fingerprint density at radius 3 is 2.45 bits per heavy atom. The highest BCUT2D eigenvalue weighted by Crippen LogP contribution is 2.46.